The summed E-state index contributed by atoms with van der Waals surface area (Å²) >= 11 is 0. The van der Waals surface area contributed by atoms with Crippen LogP contribution in [0.15, 0.2) is 18.2 Å². The molecular weight excluding hydrogens is 226 g/mol. The first kappa shape index (κ1) is 12.0. The Morgan fingerprint density at radius 2 is 2.33 bits per heavy atom. The fourth-order valence-electron chi connectivity index (χ4n) is 3.30. The van der Waals surface area contributed by atoms with Crippen molar-refractivity contribution >= 4 is 0 Å². The summed E-state index contributed by atoms with van der Waals surface area (Å²) < 4.78 is 11.3. The molecule has 3 nitrogen and oxygen atoms in total. The van der Waals surface area contributed by atoms with Crippen molar-refractivity contribution in [2.24, 2.45) is 0 Å². The molecule has 0 aromatic heterocycles. The van der Waals surface area contributed by atoms with Crippen LogP contribution in [-0.2, 0) is 11.2 Å². The van der Waals surface area contributed by atoms with E-state index in [0.717, 1.165) is 31.9 Å². The lowest BCUT2D eigenvalue weighted by molar-refractivity contribution is -0.0784. The van der Waals surface area contributed by atoms with Crippen molar-refractivity contribution in [3.05, 3.63) is 29.3 Å². The van der Waals surface area contributed by atoms with Crippen molar-refractivity contribution < 1.29 is 9.47 Å². The number of methoxy groups -OCH3 is 1. The standard InChI is InChI=1S/C15H21NO2/c1-3-16-8-9-18-15-13-6-5-12(17-2)10-11(13)4-7-14(15)16/h5-6,10,14-15H,3-4,7-9H2,1-2H3/t14-,15-/m1/s1. The molecule has 2 aliphatic rings. The first-order chi connectivity index (χ1) is 8.83. The highest BCUT2D eigenvalue weighted by atomic mass is 16.5. The molecule has 1 aromatic carbocycles. The minimum absolute atomic E-state index is 0.258. The third kappa shape index (κ3) is 1.91. The van der Waals surface area contributed by atoms with E-state index in [1.807, 2.05) is 0 Å². The zero-order chi connectivity index (χ0) is 12.5. The van der Waals surface area contributed by atoms with Crippen LogP contribution in [-0.4, -0.2) is 37.7 Å². The van der Waals surface area contributed by atoms with Crippen molar-refractivity contribution in [3.63, 3.8) is 0 Å². The summed E-state index contributed by atoms with van der Waals surface area (Å²) in [7, 11) is 1.73. The molecule has 0 amide bonds. The maximum absolute atomic E-state index is 6.03. The van der Waals surface area contributed by atoms with Crippen molar-refractivity contribution in [1.82, 2.24) is 4.90 Å². The molecular formula is C15H21NO2. The topological polar surface area (TPSA) is 21.7 Å². The molecule has 1 heterocycles. The zero-order valence-corrected chi connectivity index (χ0v) is 11.2. The van der Waals surface area contributed by atoms with E-state index in [-0.39, 0.29) is 6.10 Å². The molecule has 2 atom stereocenters. The molecule has 3 heteroatoms. The molecule has 0 unspecified atom stereocenters. The summed E-state index contributed by atoms with van der Waals surface area (Å²) in [6, 6.07) is 6.96. The van der Waals surface area contributed by atoms with E-state index in [1.165, 1.54) is 17.5 Å². The van der Waals surface area contributed by atoms with Gasteiger partial charge < -0.3 is 9.47 Å². The fourth-order valence-corrected chi connectivity index (χ4v) is 3.30. The number of fused-ring (bicyclic) bond motifs is 3. The van der Waals surface area contributed by atoms with Gasteiger partial charge in [-0.25, -0.2) is 0 Å². The number of hydrogen-bond acceptors (Lipinski definition) is 3. The summed E-state index contributed by atoms with van der Waals surface area (Å²) in [4.78, 5) is 2.56. The van der Waals surface area contributed by atoms with E-state index >= 15 is 0 Å². The van der Waals surface area contributed by atoms with Crippen LogP contribution in [0, 0.1) is 0 Å². The van der Waals surface area contributed by atoms with E-state index in [4.69, 9.17) is 9.47 Å². The monoisotopic (exact) mass is 247 g/mol. The predicted octanol–water partition coefficient (Wildman–Crippen LogP) is 2.40. The number of benzene rings is 1. The van der Waals surface area contributed by atoms with Crippen LogP contribution in [0.5, 0.6) is 5.75 Å². The summed E-state index contributed by atoms with van der Waals surface area (Å²) in [5.74, 6) is 0.954. The van der Waals surface area contributed by atoms with Crippen molar-refractivity contribution in [1.29, 1.82) is 0 Å². The number of hydrogen-bond donors (Lipinski definition) is 0. The molecule has 1 aliphatic heterocycles. The van der Waals surface area contributed by atoms with E-state index in [9.17, 15) is 0 Å². The summed E-state index contributed by atoms with van der Waals surface area (Å²) in [6.07, 6.45) is 2.58. The Morgan fingerprint density at radius 3 is 3.11 bits per heavy atom. The molecule has 1 aromatic rings. The summed E-state index contributed by atoms with van der Waals surface area (Å²) in [5.41, 5.74) is 2.76. The number of aryl methyl sites for hydroxylation is 1. The van der Waals surface area contributed by atoms with Gasteiger partial charge in [-0.3, -0.25) is 4.90 Å². The number of nitrogens with zero attached hydrogens (tertiary/aromatic N) is 1. The average molecular weight is 247 g/mol. The normalized spacial score (nSPS) is 27.4. The van der Waals surface area contributed by atoms with Gasteiger partial charge in [0.2, 0.25) is 0 Å². The van der Waals surface area contributed by atoms with Crippen molar-refractivity contribution in [3.8, 4) is 5.75 Å². The van der Waals surface area contributed by atoms with Gasteiger partial charge in [-0.15, -0.1) is 0 Å². The Morgan fingerprint density at radius 1 is 1.44 bits per heavy atom. The fraction of sp³-hybridized carbons (Fsp3) is 0.600. The molecule has 1 fully saturated rings. The molecule has 1 saturated heterocycles. The molecule has 0 bridgehead atoms. The highest BCUT2D eigenvalue weighted by molar-refractivity contribution is 5.39. The third-order valence-corrected chi connectivity index (χ3v) is 4.27. The molecule has 1 aliphatic carbocycles. The van der Waals surface area contributed by atoms with Gasteiger partial charge in [-0.1, -0.05) is 13.0 Å². The van der Waals surface area contributed by atoms with Gasteiger partial charge in [0.1, 0.15) is 5.75 Å². The van der Waals surface area contributed by atoms with Crippen molar-refractivity contribution in [2.45, 2.75) is 31.9 Å². The second-order valence-corrected chi connectivity index (χ2v) is 5.09. The van der Waals surface area contributed by atoms with Gasteiger partial charge >= 0.3 is 0 Å². The smallest absolute Gasteiger partial charge is 0.119 e. The van der Waals surface area contributed by atoms with Crippen molar-refractivity contribution in [2.75, 3.05) is 26.8 Å². The minimum atomic E-state index is 0.258. The third-order valence-electron chi connectivity index (χ3n) is 4.27. The van der Waals surface area contributed by atoms with E-state index in [2.05, 4.69) is 30.0 Å². The zero-order valence-electron chi connectivity index (χ0n) is 11.2. The second-order valence-electron chi connectivity index (χ2n) is 5.09. The minimum Gasteiger partial charge on any atom is -0.497 e. The maximum atomic E-state index is 6.03. The largest absolute Gasteiger partial charge is 0.497 e. The van der Waals surface area contributed by atoms with E-state index < -0.39 is 0 Å². The second kappa shape index (κ2) is 4.90. The molecule has 0 N–H and O–H groups in total. The van der Waals surface area contributed by atoms with Crippen LogP contribution < -0.4 is 4.74 Å². The lowest BCUT2D eigenvalue weighted by atomic mass is 9.84. The Bertz CT molecular complexity index is 433. The Hall–Kier alpha value is -1.06. The van der Waals surface area contributed by atoms with Gasteiger partial charge in [0.15, 0.2) is 0 Å². The predicted molar refractivity (Wildman–Crippen MR) is 71.0 cm³/mol. The highest BCUT2D eigenvalue weighted by Crippen LogP contribution is 2.38. The molecule has 3 rings (SSSR count). The number of likely N-dealkylation sites (N-methyl/N-ethyl adjacent to an activating group) is 1. The number of rotatable bonds is 2. The number of ether oxygens (including phenoxy) is 2. The summed E-state index contributed by atoms with van der Waals surface area (Å²) in [6.45, 7) is 5.28. The van der Waals surface area contributed by atoms with Gasteiger partial charge in [-0.05, 0) is 42.6 Å². The van der Waals surface area contributed by atoms with Crippen LogP contribution in [0.4, 0.5) is 0 Å². The number of morpholine rings is 1. The van der Waals surface area contributed by atoms with Gasteiger partial charge in [0, 0.05) is 12.6 Å². The Kier molecular flexibility index (Phi) is 3.27. The van der Waals surface area contributed by atoms with Gasteiger partial charge in [-0.2, -0.15) is 0 Å². The van der Waals surface area contributed by atoms with Gasteiger partial charge in [0.25, 0.3) is 0 Å². The molecule has 98 valence electrons. The molecule has 0 saturated carbocycles. The molecule has 0 spiro atoms. The molecule has 18 heavy (non-hydrogen) atoms. The quantitative estimate of drug-likeness (QED) is 0.801. The lowest BCUT2D eigenvalue weighted by Gasteiger charge is -2.44. The molecule has 0 radical (unpaired) electrons. The van der Waals surface area contributed by atoms with Crippen LogP contribution in [0.3, 0.4) is 0 Å². The van der Waals surface area contributed by atoms with E-state index in [1.54, 1.807) is 7.11 Å². The first-order valence-corrected chi connectivity index (χ1v) is 6.86. The Balaban J connectivity index is 1.93. The Labute approximate surface area is 109 Å². The van der Waals surface area contributed by atoms with Crippen LogP contribution in [0.1, 0.15) is 30.6 Å². The highest BCUT2D eigenvalue weighted by Gasteiger charge is 2.36. The maximum Gasteiger partial charge on any atom is 0.119 e. The SMILES string of the molecule is CCN1CCO[C@@H]2c3ccc(OC)cc3CC[C@H]21. The van der Waals surface area contributed by atoms with Crippen LogP contribution in [0.25, 0.3) is 0 Å². The van der Waals surface area contributed by atoms with Gasteiger partial charge in [0.05, 0.1) is 19.8 Å². The summed E-state index contributed by atoms with van der Waals surface area (Å²) in [5, 5.41) is 0. The van der Waals surface area contributed by atoms with Crippen LogP contribution >= 0.6 is 0 Å². The first-order valence-electron chi connectivity index (χ1n) is 6.86. The lowest BCUT2D eigenvalue weighted by Crippen LogP contribution is -2.48. The van der Waals surface area contributed by atoms with Crippen LogP contribution in [0.2, 0.25) is 0 Å². The average Bonchev–Trinajstić information content (AvgIpc) is 2.45. The van der Waals surface area contributed by atoms with E-state index in [0.29, 0.717) is 6.04 Å².